The van der Waals surface area contributed by atoms with E-state index < -0.39 is 0 Å². The lowest BCUT2D eigenvalue weighted by molar-refractivity contribution is -0.131. The van der Waals surface area contributed by atoms with Crippen molar-refractivity contribution in [2.75, 3.05) is 13.6 Å². The predicted octanol–water partition coefficient (Wildman–Crippen LogP) is 1.80. The first-order chi connectivity index (χ1) is 8.04. The van der Waals surface area contributed by atoms with Crippen LogP contribution in [0.25, 0.3) is 0 Å². The van der Waals surface area contributed by atoms with Gasteiger partial charge in [0.25, 0.3) is 0 Å². The highest BCUT2D eigenvalue weighted by Gasteiger charge is 2.15. The second kappa shape index (κ2) is 6.71. The number of nitrogens with zero attached hydrogens (tertiary/aromatic N) is 2. The molecule has 0 radical (unpaired) electrons. The number of rotatable bonds is 5. The third kappa shape index (κ3) is 4.44. The summed E-state index contributed by atoms with van der Waals surface area (Å²) in [6.07, 6.45) is 3.53. The topological polar surface area (TPSA) is 45.2 Å². The van der Waals surface area contributed by atoms with Crippen LogP contribution >= 0.6 is 15.9 Å². The zero-order valence-electron chi connectivity index (χ0n) is 10.4. The highest BCUT2D eigenvalue weighted by atomic mass is 79.9. The third-order valence-corrected chi connectivity index (χ3v) is 3.03. The molecule has 0 bridgehead atoms. The van der Waals surface area contributed by atoms with Crippen molar-refractivity contribution >= 4 is 21.8 Å². The average molecular weight is 300 g/mol. The summed E-state index contributed by atoms with van der Waals surface area (Å²) < 4.78 is 0.946. The lowest BCUT2D eigenvalue weighted by Gasteiger charge is -2.20. The molecule has 1 unspecified atom stereocenters. The first-order valence-corrected chi connectivity index (χ1v) is 6.41. The molecule has 0 aliphatic rings. The van der Waals surface area contributed by atoms with Gasteiger partial charge in [0.05, 0.1) is 6.04 Å². The average Bonchev–Trinajstić information content (AvgIpc) is 2.34. The fourth-order valence-corrected chi connectivity index (χ4v) is 1.81. The number of hydrogen-bond donors (Lipinski definition) is 1. The van der Waals surface area contributed by atoms with E-state index in [-0.39, 0.29) is 11.9 Å². The number of nitrogens with one attached hydrogen (secondary N) is 1. The molecule has 0 aliphatic carbocycles. The van der Waals surface area contributed by atoms with Crippen LogP contribution in [0.2, 0.25) is 0 Å². The van der Waals surface area contributed by atoms with Gasteiger partial charge < -0.3 is 10.2 Å². The van der Waals surface area contributed by atoms with E-state index in [2.05, 4.69) is 26.2 Å². The highest BCUT2D eigenvalue weighted by Crippen LogP contribution is 2.09. The van der Waals surface area contributed by atoms with Crippen molar-refractivity contribution in [2.45, 2.75) is 26.4 Å². The summed E-state index contributed by atoms with van der Waals surface area (Å²) in [6.45, 7) is 5.20. The molecule has 1 rings (SSSR count). The van der Waals surface area contributed by atoms with E-state index in [1.165, 1.54) is 0 Å². The van der Waals surface area contributed by atoms with Gasteiger partial charge in [-0.15, -0.1) is 0 Å². The lowest BCUT2D eigenvalue weighted by atomic mass is 10.2. The van der Waals surface area contributed by atoms with Crippen LogP contribution in [-0.4, -0.2) is 35.4 Å². The Morgan fingerprint density at radius 3 is 2.88 bits per heavy atom. The van der Waals surface area contributed by atoms with Crippen molar-refractivity contribution in [1.29, 1.82) is 0 Å². The number of pyridine rings is 1. The van der Waals surface area contributed by atoms with Crippen LogP contribution in [0.15, 0.2) is 22.9 Å². The maximum absolute atomic E-state index is 11.8. The number of carbonyl (C=O) groups excluding carboxylic acids is 1. The molecule has 1 amide bonds. The van der Waals surface area contributed by atoms with Gasteiger partial charge in [0.15, 0.2) is 0 Å². The lowest BCUT2D eigenvalue weighted by Crippen LogP contribution is -2.42. The predicted molar refractivity (Wildman–Crippen MR) is 71.5 cm³/mol. The van der Waals surface area contributed by atoms with Gasteiger partial charge in [0, 0.05) is 37.0 Å². The Hall–Kier alpha value is -0.940. The van der Waals surface area contributed by atoms with Gasteiger partial charge in [-0.1, -0.05) is 0 Å². The van der Waals surface area contributed by atoms with Gasteiger partial charge in [0.1, 0.15) is 0 Å². The van der Waals surface area contributed by atoms with E-state index in [1.807, 2.05) is 19.9 Å². The summed E-state index contributed by atoms with van der Waals surface area (Å²) in [5, 5.41) is 3.19. The largest absolute Gasteiger partial charge is 0.345 e. The number of carbonyl (C=O) groups is 1. The smallest absolute Gasteiger partial charge is 0.239 e. The van der Waals surface area contributed by atoms with Crippen molar-refractivity contribution in [3.63, 3.8) is 0 Å². The second-order valence-electron chi connectivity index (χ2n) is 3.97. The molecule has 0 spiro atoms. The summed E-state index contributed by atoms with van der Waals surface area (Å²) >= 11 is 3.37. The molecule has 0 aliphatic heterocycles. The highest BCUT2D eigenvalue weighted by molar-refractivity contribution is 9.10. The number of halogens is 1. The molecule has 17 heavy (non-hydrogen) atoms. The van der Waals surface area contributed by atoms with Gasteiger partial charge in [-0.2, -0.15) is 0 Å². The van der Waals surface area contributed by atoms with Crippen LogP contribution in [0.4, 0.5) is 0 Å². The molecule has 1 heterocycles. The molecule has 0 saturated carbocycles. The SMILES string of the molecule is CCN(C)C(=O)C(C)NCc1cncc(Br)c1. The quantitative estimate of drug-likeness (QED) is 0.902. The first-order valence-electron chi connectivity index (χ1n) is 5.62. The van der Waals surface area contributed by atoms with Gasteiger partial charge in [-0.3, -0.25) is 9.78 Å². The fraction of sp³-hybridized carbons (Fsp3) is 0.500. The summed E-state index contributed by atoms with van der Waals surface area (Å²) in [5.41, 5.74) is 1.05. The number of likely N-dealkylation sites (N-methyl/N-ethyl adjacent to an activating group) is 1. The molecule has 1 N–H and O–H groups in total. The van der Waals surface area contributed by atoms with Crippen LogP contribution in [0.3, 0.4) is 0 Å². The van der Waals surface area contributed by atoms with E-state index in [0.29, 0.717) is 6.54 Å². The molecule has 0 aromatic carbocycles. The Bertz CT molecular complexity index is 384. The van der Waals surface area contributed by atoms with Crippen molar-refractivity contribution < 1.29 is 4.79 Å². The minimum Gasteiger partial charge on any atom is -0.345 e. The van der Waals surface area contributed by atoms with Crippen molar-refractivity contribution in [3.8, 4) is 0 Å². The molecular weight excluding hydrogens is 282 g/mol. The van der Waals surface area contributed by atoms with E-state index in [0.717, 1.165) is 16.6 Å². The third-order valence-electron chi connectivity index (χ3n) is 2.59. The Balaban J connectivity index is 2.48. The maximum Gasteiger partial charge on any atom is 0.239 e. The zero-order chi connectivity index (χ0) is 12.8. The van der Waals surface area contributed by atoms with Gasteiger partial charge >= 0.3 is 0 Å². The minimum absolute atomic E-state index is 0.107. The zero-order valence-corrected chi connectivity index (χ0v) is 12.0. The molecule has 1 aromatic heterocycles. The maximum atomic E-state index is 11.8. The van der Waals surface area contributed by atoms with Crippen LogP contribution in [0.5, 0.6) is 0 Å². The van der Waals surface area contributed by atoms with E-state index >= 15 is 0 Å². The van der Waals surface area contributed by atoms with E-state index in [9.17, 15) is 4.79 Å². The Kier molecular flexibility index (Phi) is 5.58. The number of amides is 1. The Morgan fingerprint density at radius 2 is 2.29 bits per heavy atom. The Morgan fingerprint density at radius 1 is 1.59 bits per heavy atom. The summed E-state index contributed by atoms with van der Waals surface area (Å²) in [5.74, 6) is 0.107. The van der Waals surface area contributed by atoms with Crippen LogP contribution < -0.4 is 5.32 Å². The molecule has 5 heteroatoms. The number of aromatic nitrogens is 1. The van der Waals surface area contributed by atoms with Gasteiger partial charge in [-0.25, -0.2) is 0 Å². The Labute approximate surface area is 111 Å². The fourth-order valence-electron chi connectivity index (χ4n) is 1.40. The summed E-state index contributed by atoms with van der Waals surface area (Å²) in [6, 6.07) is 1.81. The first kappa shape index (κ1) is 14.1. The monoisotopic (exact) mass is 299 g/mol. The molecule has 0 fully saturated rings. The van der Waals surface area contributed by atoms with Crippen LogP contribution in [0, 0.1) is 0 Å². The molecule has 0 saturated heterocycles. The molecule has 1 aromatic rings. The van der Waals surface area contributed by atoms with Gasteiger partial charge in [-0.05, 0) is 41.4 Å². The summed E-state index contributed by atoms with van der Waals surface area (Å²) in [4.78, 5) is 17.6. The number of hydrogen-bond acceptors (Lipinski definition) is 3. The van der Waals surface area contributed by atoms with E-state index in [1.54, 1.807) is 24.3 Å². The molecule has 94 valence electrons. The minimum atomic E-state index is -0.182. The van der Waals surface area contributed by atoms with Crippen LogP contribution in [-0.2, 0) is 11.3 Å². The standard InChI is InChI=1S/C12H18BrN3O/c1-4-16(3)12(17)9(2)15-7-10-5-11(13)8-14-6-10/h5-6,8-9,15H,4,7H2,1-3H3. The second-order valence-corrected chi connectivity index (χ2v) is 4.88. The normalized spacial score (nSPS) is 12.2. The van der Waals surface area contributed by atoms with Crippen molar-refractivity contribution in [2.24, 2.45) is 0 Å². The molecular formula is C12H18BrN3O. The summed E-state index contributed by atoms with van der Waals surface area (Å²) in [7, 11) is 1.81. The van der Waals surface area contributed by atoms with Crippen molar-refractivity contribution in [3.05, 3.63) is 28.5 Å². The molecule has 4 nitrogen and oxygen atoms in total. The van der Waals surface area contributed by atoms with E-state index in [4.69, 9.17) is 0 Å². The van der Waals surface area contributed by atoms with Gasteiger partial charge in [0.2, 0.25) is 5.91 Å². The molecule has 1 atom stereocenters. The van der Waals surface area contributed by atoms with Crippen LogP contribution in [0.1, 0.15) is 19.4 Å². The van der Waals surface area contributed by atoms with Crippen molar-refractivity contribution in [1.82, 2.24) is 15.2 Å².